The topological polar surface area (TPSA) is 33.0 Å². The fourth-order valence-corrected chi connectivity index (χ4v) is 0.687. The lowest BCUT2D eigenvalue weighted by atomic mass is 10.2. The minimum Gasteiger partial charge on any atom is -0.381 e. The second-order valence-electron chi connectivity index (χ2n) is 1.67. The van der Waals surface area contributed by atoms with E-state index in [1.165, 1.54) is 19.3 Å². The summed E-state index contributed by atoms with van der Waals surface area (Å²) in [7, 11) is 0. The molecule has 1 rings (SSSR count). The smallest absolute Gasteiger partial charge is 0.0466 e. The summed E-state index contributed by atoms with van der Waals surface area (Å²) < 4.78 is 5.07. The summed E-state index contributed by atoms with van der Waals surface area (Å²) in [5.41, 5.74) is 0. The molecule has 0 unspecified atom stereocenters. The normalized spacial score (nSPS) is 18.2. The quantitative estimate of drug-likeness (QED) is 0.474. The third-order valence-electron chi connectivity index (χ3n) is 1.08. The highest BCUT2D eigenvalue weighted by Gasteiger charge is 1.94. The van der Waals surface area contributed by atoms with Crippen molar-refractivity contribution >= 4 is 0 Å². The highest BCUT2D eigenvalue weighted by molar-refractivity contribution is 4.45. The van der Waals surface area contributed by atoms with E-state index in [-0.39, 0.29) is 0 Å². The van der Waals surface area contributed by atoms with Gasteiger partial charge in [0, 0.05) is 19.8 Å². The lowest BCUT2D eigenvalue weighted by molar-refractivity contribution is 0.0968. The molecule has 0 amide bonds. The number of hydrogen-bond acceptors (Lipinski definition) is 2. The molecule has 0 aliphatic carbocycles. The molecule has 0 bridgehead atoms. The third-order valence-corrected chi connectivity index (χ3v) is 1.08. The highest BCUT2D eigenvalue weighted by Crippen LogP contribution is 2.01. The largest absolute Gasteiger partial charge is 0.381 e. The van der Waals surface area contributed by atoms with E-state index in [2.05, 4.69) is 6.57 Å². The molecule has 0 spiro atoms. The van der Waals surface area contributed by atoms with E-state index in [0.29, 0.717) is 0 Å². The monoisotopic (exact) mass is 113 g/mol. The van der Waals surface area contributed by atoms with Gasteiger partial charge in [-0.25, -0.2) is 5.26 Å². The molecular weight excluding hydrogens is 102 g/mol. The molecule has 2 nitrogen and oxygen atoms in total. The van der Waals surface area contributed by atoms with Crippen molar-refractivity contribution in [2.45, 2.75) is 19.3 Å². The summed E-state index contributed by atoms with van der Waals surface area (Å²) in [6, 6.07) is 0. The van der Waals surface area contributed by atoms with Crippen molar-refractivity contribution in [3.63, 3.8) is 0 Å². The van der Waals surface area contributed by atoms with Crippen molar-refractivity contribution in [3.8, 4) is 6.57 Å². The summed E-state index contributed by atoms with van der Waals surface area (Å²) in [5.74, 6) is 0. The molecule has 1 aliphatic heterocycles. The van der Waals surface area contributed by atoms with Crippen LogP contribution >= 0.6 is 0 Å². The SMILES string of the molecule is C#N.C1CCOCC1. The minimum atomic E-state index is 1.00. The van der Waals surface area contributed by atoms with E-state index in [0.717, 1.165) is 13.2 Å². The van der Waals surface area contributed by atoms with Gasteiger partial charge < -0.3 is 4.74 Å². The van der Waals surface area contributed by atoms with Gasteiger partial charge in [0.25, 0.3) is 0 Å². The molecule has 0 N–H and O–H groups in total. The van der Waals surface area contributed by atoms with E-state index in [1.807, 2.05) is 0 Å². The zero-order valence-electron chi connectivity index (χ0n) is 4.97. The van der Waals surface area contributed by atoms with Crippen LogP contribution in [0.3, 0.4) is 0 Å². The van der Waals surface area contributed by atoms with Crippen molar-refractivity contribution in [3.05, 3.63) is 0 Å². The molecule has 0 saturated carbocycles. The number of nitriles is 1. The zero-order valence-corrected chi connectivity index (χ0v) is 4.97. The van der Waals surface area contributed by atoms with Crippen LogP contribution in [0.4, 0.5) is 0 Å². The van der Waals surface area contributed by atoms with Gasteiger partial charge in [-0.1, -0.05) is 0 Å². The van der Waals surface area contributed by atoms with Gasteiger partial charge >= 0.3 is 0 Å². The van der Waals surface area contributed by atoms with Gasteiger partial charge in [0.2, 0.25) is 0 Å². The molecule has 1 heterocycles. The predicted octanol–water partition coefficient (Wildman–Crippen LogP) is 1.33. The first-order valence-electron chi connectivity index (χ1n) is 2.84. The van der Waals surface area contributed by atoms with Crippen LogP contribution in [0.1, 0.15) is 19.3 Å². The molecule has 0 radical (unpaired) electrons. The molecule has 1 aliphatic rings. The van der Waals surface area contributed by atoms with Crippen LogP contribution in [0.25, 0.3) is 0 Å². The number of ether oxygens (including phenoxy) is 1. The van der Waals surface area contributed by atoms with Crippen LogP contribution < -0.4 is 0 Å². The summed E-state index contributed by atoms with van der Waals surface area (Å²) in [6.45, 7) is 5.50. The van der Waals surface area contributed by atoms with Crippen molar-refractivity contribution in [2.75, 3.05) is 13.2 Å². The Morgan fingerprint density at radius 1 is 1.00 bits per heavy atom. The minimum absolute atomic E-state index is 1.00. The Kier molecular flexibility index (Phi) is 6.01. The Labute approximate surface area is 50.1 Å². The Balaban J connectivity index is 0.000000222. The Morgan fingerprint density at radius 2 is 1.50 bits per heavy atom. The second kappa shape index (κ2) is 6.45. The van der Waals surface area contributed by atoms with Gasteiger partial charge in [0.05, 0.1) is 0 Å². The van der Waals surface area contributed by atoms with Gasteiger partial charge in [0.1, 0.15) is 0 Å². The highest BCUT2D eigenvalue weighted by atomic mass is 16.5. The first-order valence-corrected chi connectivity index (χ1v) is 2.84. The molecule has 1 fully saturated rings. The Morgan fingerprint density at radius 3 is 1.62 bits per heavy atom. The van der Waals surface area contributed by atoms with Crippen LogP contribution in [-0.4, -0.2) is 13.2 Å². The van der Waals surface area contributed by atoms with Crippen LogP contribution in [0.5, 0.6) is 0 Å². The van der Waals surface area contributed by atoms with Crippen LogP contribution in [0, 0.1) is 11.8 Å². The first kappa shape index (κ1) is 7.45. The molecule has 0 aromatic heterocycles. The lowest BCUT2D eigenvalue weighted by Gasteiger charge is -2.08. The molecule has 8 heavy (non-hydrogen) atoms. The fraction of sp³-hybridized carbons (Fsp3) is 0.833. The third kappa shape index (κ3) is 3.63. The second-order valence-corrected chi connectivity index (χ2v) is 1.67. The predicted molar refractivity (Wildman–Crippen MR) is 31.3 cm³/mol. The molecule has 46 valence electrons. The van der Waals surface area contributed by atoms with Crippen molar-refractivity contribution < 1.29 is 4.74 Å². The molecule has 1 saturated heterocycles. The van der Waals surface area contributed by atoms with Gasteiger partial charge in [-0.15, -0.1) is 0 Å². The molecule has 0 aromatic rings. The maximum Gasteiger partial charge on any atom is 0.0466 e. The zero-order chi connectivity index (χ0) is 6.24. The molecule has 2 heteroatoms. The average Bonchev–Trinajstić information content (AvgIpc) is 1.96. The Bertz CT molecular complexity index is 45.3. The fourth-order valence-electron chi connectivity index (χ4n) is 0.687. The van der Waals surface area contributed by atoms with Crippen LogP contribution in [0.2, 0.25) is 0 Å². The standard InChI is InChI=1S/C5H10O.CHN/c1-2-4-6-5-3-1;1-2/h1-5H2;1H. The van der Waals surface area contributed by atoms with Crippen LogP contribution in [0.15, 0.2) is 0 Å². The van der Waals surface area contributed by atoms with Gasteiger partial charge in [-0.2, -0.15) is 0 Å². The number of nitrogens with zero attached hydrogens (tertiary/aromatic N) is 1. The van der Waals surface area contributed by atoms with E-state index < -0.39 is 0 Å². The number of rotatable bonds is 0. The first-order chi connectivity index (χ1) is 4.00. The Hall–Kier alpha value is -0.550. The average molecular weight is 113 g/mol. The summed E-state index contributed by atoms with van der Waals surface area (Å²) in [6.07, 6.45) is 3.93. The van der Waals surface area contributed by atoms with E-state index in [4.69, 9.17) is 10.00 Å². The molecule has 0 atom stereocenters. The van der Waals surface area contributed by atoms with Crippen molar-refractivity contribution in [2.24, 2.45) is 0 Å². The van der Waals surface area contributed by atoms with E-state index in [1.54, 1.807) is 0 Å². The summed E-state index contributed by atoms with van der Waals surface area (Å²) in [4.78, 5) is 0. The summed E-state index contributed by atoms with van der Waals surface area (Å²) >= 11 is 0. The number of hydrogen-bond donors (Lipinski definition) is 0. The van der Waals surface area contributed by atoms with E-state index in [9.17, 15) is 0 Å². The maximum atomic E-state index is 6.50. The molecular formula is C6H11NO. The van der Waals surface area contributed by atoms with Gasteiger partial charge in [-0.05, 0) is 19.3 Å². The maximum absolute atomic E-state index is 6.50. The summed E-state index contributed by atoms with van der Waals surface area (Å²) in [5, 5.41) is 6.50. The van der Waals surface area contributed by atoms with Gasteiger partial charge in [0.15, 0.2) is 0 Å². The molecule has 0 aromatic carbocycles. The van der Waals surface area contributed by atoms with Crippen molar-refractivity contribution in [1.29, 1.82) is 5.26 Å². The lowest BCUT2D eigenvalue weighted by Crippen LogP contribution is -2.03. The van der Waals surface area contributed by atoms with E-state index >= 15 is 0 Å². The van der Waals surface area contributed by atoms with Crippen molar-refractivity contribution in [1.82, 2.24) is 0 Å². The van der Waals surface area contributed by atoms with Crippen LogP contribution in [-0.2, 0) is 4.74 Å². The van der Waals surface area contributed by atoms with Gasteiger partial charge in [-0.3, -0.25) is 0 Å².